The maximum atomic E-state index is 12.8. The van der Waals surface area contributed by atoms with Crippen molar-refractivity contribution < 1.29 is 19.4 Å². The summed E-state index contributed by atoms with van der Waals surface area (Å²) in [6, 6.07) is 0.185. The van der Waals surface area contributed by atoms with Crippen LogP contribution in [0.5, 0.6) is 0 Å². The third-order valence-corrected chi connectivity index (χ3v) is 7.85. The predicted molar refractivity (Wildman–Crippen MR) is 97.1 cm³/mol. The summed E-state index contributed by atoms with van der Waals surface area (Å²) in [5, 5.41) is 13.8. The molecule has 0 radical (unpaired) electrons. The lowest BCUT2D eigenvalue weighted by Crippen LogP contribution is -2.58. The number of hydrogen-bond acceptors (Lipinski definition) is 4. The smallest absolute Gasteiger partial charge is 0.312 e. The summed E-state index contributed by atoms with van der Waals surface area (Å²) in [6.07, 6.45) is 8.32. The van der Waals surface area contributed by atoms with E-state index in [-0.39, 0.29) is 24.5 Å². The fourth-order valence-corrected chi connectivity index (χ4v) is 6.77. The summed E-state index contributed by atoms with van der Waals surface area (Å²) in [5.74, 6) is 1.50. The first-order valence-electron chi connectivity index (χ1n) is 10.5. The van der Waals surface area contributed by atoms with Crippen LogP contribution in [0.4, 0.5) is 0 Å². The van der Waals surface area contributed by atoms with Gasteiger partial charge < -0.3 is 15.2 Å². The zero-order valence-electron chi connectivity index (χ0n) is 16.1. The number of nitrogens with one attached hydrogen (secondary N) is 1. The molecule has 5 saturated carbocycles. The predicted octanol–water partition coefficient (Wildman–Crippen LogP) is 2.80. The first-order valence-corrected chi connectivity index (χ1v) is 10.5. The van der Waals surface area contributed by atoms with Crippen LogP contribution in [0.1, 0.15) is 71.6 Å². The molecule has 0 heterocycles. The Morgan fingerprint density at radius 1 is 1.12 bits per heavy atom. The molecule has 0 aliphatic heterocycles. The lowest BCUT2D eigenvalue weighted by atomic mass is 9.48. The Labute approximate surface area is 156 Å². The van der Waals surface area contributed by atoms with Crippen molar-refractivity contribution in [3.8, 4) is 0 Å². The van der Waals surface area contributed by atoms with Crippen molar-refractivity contribution in [2.24, 2.45) is 29.1 Å². The summed E-state index contributed by atoms with van der Waals surface area (Å²) < 4.78 is 5.48. The summed E-state index contributed by atoms with van der Waals surface area (Å²) in [6.45, 7) is 4.24. The van der Waals surface area contributed by atoms with Gasteiger partial charge in [0.25, 0.3) is 5.91 Å². The number of hydrogen-bond donors (Lipinski definition) is 2. The van der Waals surface area contributed by atoms with E-state index in [9.17, 15) is 14.7 Å². The van der Waals surface area contributed by atoms with Crippen LogP contribution in [-0.4, -0.2) is 35.2 Å². The van der Waals surface area contributed by atoms with Crippen molar-refractivity contribution in [2.75, 3.05) is 6.61 Å². The second kappa shape index (κ2) is 6.50. The highest BCUT2D eigenvalue weighted by atomic mass is 16.5. The van der Waals surface area contributed by atoms with Gasteiger partial charge in [0.1, 0.15) is 0 Å². The van der Waals surface area contributed by atoms with Gasteiger partial charge in [0.05, 0.1) is 11.0 Å². The number of amides is 1. The Kier molecular flexibility index (Phi) is 4.57. The topological polar surface area (TPSA) is 75.6 Å². The minimum absolute atomic E-state index is 0.185. The zero-order valence-corrected chi connectivity index (χ0v) is 16.1. The zero-order chi connectivity index (χ0) is 18.5. The molecular weight excluding hydrogens is 330 g/mol. The van der Waals surface area contributed by atoms with Gasteiger partial charge >= 0.3 is 5.97 Å². The van der Waals surface area contributed by atoms with Gasteiger partial charge in [-0.25, -0.2) is 0 Å². The van der Waals surface area contributed by atoms with Crippen molar-refractivity contribution in [1.29, 1.82) is 0 Å². The summed E-state index contributed by atoms with van der Waals surface area (Å²) >= 11 is 0. The van der Waals surface area contributed by atoms with E-state index in [0.29, 0.717) is 30.1 Å². The van der Waals surface area contributed by atoms with Gasteiger partial charge in [-0.2, -0.15) is 0 Å². The fraction of sp³-hybridized carbons (Fsp3) is 0.905. The number of esters is 1. The molecule has 2 N–H and O–H groups in total. The Morgan fingerprint density at radius 2 is 1.81 bits per heavy atom. The first-order chi connectivity index (χ1) is 12.3. The number of aliphatic hydroxyl groups is 1. The van der Waals surface area contributed by atoms with Gasteiger partial charge in [-0.1, -0.05) is 26.7 Å². The van der Waals surface area contributed by atoms with Crippen LogP contribution in [-0.2, 0) is 14.3 Å². The van der Waals surface area contributed by atoms with Crippen LogP contribution in [0.2, 0.25) is 0 Å². The van der Waals surface area contributed by atoms with Gasteiger partial charge in [-0.15, -0.1) is 0 Å². The Balaban J connectivity index is 1.32. The van der Waals surface area contributed by atoms with Gasteiger partial charge in [0, 0.05) is 6.04 Å². The maximum absolute atomic E-state index is 12.8. The van der Waals surface area contributed by atoms with Gasteiger partial charge in [0.15, 0.2) is 6.61 Å². The summed E-state index contributed by atoms with van der Waals surface area (Å²) in [4.78, 5) is 25.2. The SMILES string of the molecule is CC1CCCC(NC(=O)COC(=O)C23CC4CC(CC(O)(C4)C2)C3)C1C. The molecule has 5 heteroatoms. The number of rotatable bonds is 4. The Hall–Kier alpha value is -1.10. The molecule has 5 nitrogen and oxygen atoms in total. The normalized spacial score (nSPS) is 46.8. The van der Waals surface area contributed by atoms with Crippen LogP contribution in [0.15, 0.2) is 0 Å². The van der Waals surface area contributed by atoms with E-state index in [1.807, 2.05) is 0 Å². The van der Waals surface area contributed by atoms with Crippen LogP contribution in [0, 0.1) is 29.1 Å². The van der Waals surface area contributed by atoms with Gasteiger partial charge in [-0.3, -0.25) is 9.59 Å². The standard InChI is InChI=1S/C21H33NO4/c1-13-4-3-5-17(14(13)2)22-18(23)11-26-19(24)20-7-15-6-16(8-20)10-21(25,9-15)12-20/h13-17,25H,3-12H2,1-2H3,(H,22,23). The fourth-order valence-electron chi connectivity index (χ4n) is 6.77. The highest BCUT2D eigenvalue weighted by Crippen LogP contribution is 2.61. The van der Waals surface area contributed by atoms with E-state index in [1.165, 1.54) is 6.42 Å². The molecule has 5 rings (SSSR count). The van der Waals surface area contributed by atoms with E-state index in [0.717, 1.165) is 44.9 Å². The van der Waals surface area contributed by atoms with E-state index in [1.54, 1.807) is 0 Å². The summed E-state index contributed by atoms with van der Waals surface area (Å²) in [5.41, 5.74) is -1.23. The van der Waals surface area contributed by atoms with E-state index in [4.69, 9.17) is 4.74 Å². The van der Waals surface area contributed by atoms with Gasteiger partial charge in [-0.05, 0) is 68.6 Å². The van der Waals surface area contributed by atoms with Crippen molar-refractivity contribution in [3.05, 3.63) is 0 Å². The molecule has 146 valence electrons. The molecule has 5 fully saturated rings. The van der Waals surface area contributed by atoms with Crippen molar-refractivity contribution in [1.82, 2.24) is 5.32 Å². The lowest BCUT2D eigenvalue weighted by molar-refractivity contribution is -0.196. The molecule has 5 unspecified atom stereocenters. The first kappa shape index (κ1) is 18.3. The quantitative estimate of drug-likeness (QED) is 0.753. The van der Waals surface area contributed by atoms with Crippen LogP contribution >= 0.6 is 0 Å². The molecule has 4 bridgehead atoms. The monoisotopic (exact) mass is 363 g/mol. The van der Waals surface area contributed by atoms with Crippen LogP contribution in [0.3, 0.4) is 0 Å². The van der Waals surface area contributed by atoms with Crippen molar-refractivity contribution >= 4 is 11.9 Å². The Morgan fingerprint density at radius 3 is 2.46 bits per heavy atom. The molecule has 5 aliphatic carbocycles. The molecule has 0 aromatic carbocycles. The van der Waals surface area contributed by atoms with Crippen molar-refractivity contribution in [3.63, 3.8) is 0 Å². The van der Waals surface area contributed by atoms with Gasteiger partial charge in [0.2, 0.25) is 0 Å². The van der Waals surface area contributed by atoms with E-state index < -0.39 is 11.0 Å². The lowest BCUT2D eigenvalue weighted by Gasteiger charge is -2.58. The molecule has 1 amide bonds. The molecule has 0 saturated heterocycles. The van der Waals surface area contributed by atoms with E-state index in [2.05, 4.69) is 19.2 Å². The largest absolute Gasteiger partial charge is 0.455 e. The molecule has 0 aromatic rings. The highest BCUT2D eigenvalue weighted by Gasteiger charge is 2.60. The molecular formula is C21H33NO4. The van der Waals surface area contributed by atoms with Crippen molar-refractivity contribution in [2.45, 2.75) is 83.3 Å². The third-order valence-electron chi connectivity index (χ3n) is 7.85. The second-order valence-electron chi connectivity index (χ2n) is 9.98. The molecule has 0 spiro atoms. The maximum Gasteiger partial charge on any atom is 0.312 e. The Bertz CT molecular complexity index is 575. The highest BCUT2D eigenvalue weighted by molar-refractivity contribution is 5.83. The summed E-state index contributed by atoms with van der Waals surface area (Å²) in [7, 11) is 0. The molecule has 5 aliphatic rings. The average Bonchev–Trinajstić information content (AvgIpc) is 2.54. The molecule has 5 atom stereocenters. The molecule has 26 heavy (non-hydrogen) atoms. The number of ether oxygens (including phenoxy) is 1. The molecule has 0 aromatic heterocycles. The third kappa shape index (κ3) is 3.28. The van der Waals surface area contributed by atoms with Crippen LogP contribution in [0.25, 0.3) is 0 Å². The number of carbonyl (C=O) groups excluding carboxylic acids is 2. The average molecular weight is 363 g/mol. The number of carbonyl (C=O) groups is 2. The minimum atomic E-state index is -0.682. The van der Waals surface area contributed by atoms with E-state index >= 15 is 0 Å². The van der Waals surface area contributed by atoms with Crippen LogP contribution < -0.4 is 5.32 Å². The second-order valence-corrected chi connectivity index (χ2v) is 9.98. The minimum Gasteiger partial charge on any atom is -0.455 e.